The molecule has 0 atom stereocenters. The van der Waals surface area contributed by atoms with Crippen molar-refractivity contribution in [1.29, 1.82) is 0 Å². The number of nitrogens with zero attached hydrogens (tertiary/aromatic N) is 1. The highest BCUT2D eigenvalue weighted by atomic mass is 35.5. The van der Waals surface area contributed by atoms with Gasteiger partial charge in [0.25, 0.3) is 0 Å². The van der Waals surface area contributed by atoms with Crippen molar-refractivity contribution in [2.24, 2.45) is 0 Å². The smallest absolute Gasteiger partial charge is 0.336 e. The maximum atomic E-state index is 11.5. The quantitative estimate of drug-likeness (QED) is 0.629. The summed E-state index contributed by atoms with van der Waals surface area (Å²) in [4.78, 5) is 34.6. The summed E-state index contributed by atoms with van der Waals surface area (Å²) < 4.78 is 4.95. The summed E-state index contributed by atoms with van der Waals surface area (Å²) >= 11 is 5.87. The fraction of sp³-hybridized carbons (Fsp3) is 0.100. The third-order valence-corrected chi connectivity index (χ3v) is 2.53. The highest BCUT2D eigenvalue weighted by molar-refractivity contribution is 6.54. The molecule has 1 aromatic carbocycles. The molecule has 1 saturated heterocycles. The first-order valence-corrected chi connectivity index (χ1v) is 4.95. The Balaban J connectivity index is 2.50. The molecule has 0 aliphatic carbocycles. The van der Waals surface area contributed by atoms with Crippen molar-refractivity contribution >= 4 is 35.1 Å². The third-order valence-electron chi connectivity index (χ3n) is 2.22. The van der Waals surface area contributed by atoms with Crippen LogP contribution in [0.15, 0.2) is 18.2 Å². The van der Waals surface area contributed by atoms with Crippen LogP contribution in [0.4, 0.5) is 10.5 Å². The molecule has 0 bridgehead atoms. The molecule has 0 radical (unpaired) electrons. The summed E-state index contributed by atoms with van der Waals surface area (Å²) in [6, 6.07) is 3.62. The predicted molar refractivity (Wildman–Crippen MR) is 59.0 cm³/mol. The SMILES string of the molecule is COc1ccc(Cl)c(N2C(=O)NC(=O)C2=O)c1. The van der Waals surface area contributed by atoms with Gasteiger partial charge in [-0.25, -0.2) is 9.69 Å². The number of urea groups is 1. The Morgan fingerprint density at radius 3 is 2.53 bits per heavy atom. The Bertz CT molecular complexity index is 529. The van der Waals surface area contributed by atoms with Crippen molar-refractivity contribution in [2.75, 3.05) is 12.0 Å². The lowest BCUT2D eigenvalue weighted by Gasteiger charge is -2.14. The van der Waals surface area contributed by atoms with Gasteiger partial charge in [-0.05, 0) is 12.1 Å². The van der Waals surface area contributed by atoms with E-state index in [4.69, 9.17) is 16.3 Å². The van der Waals surface area contributed by atoms with E-state index < -0.39 is 17.8 Å². The molecule has 0 spiro atoms. The van der Waals surface area contributed by atoms with Gasteiger partial charge in [0, 0.05) is 6.07 Å². The number of carbonyl (C=O) groups is 3. The summed E-state index contributed by atoms with van der Waals surface area (Å²) in [6.45, 7) is 0. The number of methoxy groups -OCH3 is 1. The lowest BCUT2D eigenvalue weighted by Crippen LogP contribution is -2.31. The lowest BCUT2D eigenvalue weighted by molar-refractivity contribution is -0.134. The monoisotopic (exact) mass is 254 g/mol. The van der Waals surface area contributed by atoms with E-state index in [2.05, 4.69) is 0 Å². The zero-order chi connectivity index (χ0) is 12.6. The van der Waals surface area contributed by atoms with E-state index in [9.17, 15) is 14.4 Å². The highest BCUT2D eigenvalue weighted by Crippen LogP contribution is 2.31. The van der Waals surface area contributed by atoms with Gasteiger partial charge in [0.05, 0.1) is 17.8 Å². The maximum absolute atomic E-state index is 11.5. The fourth-order valence-electron chi connectivity index (χ4n) is 1.41. The minimum atomic E-state index is -0.978. The van der Waals surface area contributed by atoms with Crippen LogP contribution in [-0.2, 0) is 9.59 Å². The Morgan fingerprint density at radius 2 is 2.00 bits per heavy atom. The number of anilines is 1. The average molecular weight is 255 g/mol. The largest absolute Gasteiger partial charge is 0.497 e. The Labute approximate surface area is 101 Å². The fourth-order valence-corrected chi connectivity index (χ4v) is 1.61. The van der Waals surface area contributed by atoms with Crippen LogP contribution < -0.4 is 15.0 Å². The van der Waals surface area contributed by atoms with Gasteiger partial charge in [0.2, 0.25) is 0 Å². The molecule has 1 aromatic rings. The van der Waals surface area contributed by atoms with Gasteiger partial charge in [-0.15, -0.1) is 0 Å². The molecule has 1 aliphatic rings. The first-order valence-electron chi connectivity index (χ1n) is 4.57. The van der Waals surface area contributed by atoms with Crippen molar-refractivity contribution < 1.29 is 19.1 Å². The van der Waals surface area contributed by atoms with E-state index in [1.165, 1.54) is 19.2 Å². The Morgan fingerprint density at radius 1 is 1.29 bits per heavy atom. The van der Waals surface area contributed by atoms with Crippen LogP contribution in [0, 0.1) is 0 Å². The second-order valence-electron chi connectivity index (χ2n) is 3.22. The molecule has 1 heterocycles. The maximum Gasteiger partial charge on any atom is 0.336 e. The van der Waals surface area contributed by atoms with E-state index in [0.717, 1.165) is 0 Å². The van der Waals surface area contributed by atoms with E-state index in [0.29, 0.717) is 10.6 Å². The molecule has 6 nitrogen and oxygen atoms in total. The molecule has 88 valence electrons. The molecule has 7 heteroatoms. The number of nitrogens with one attached hydrogen (secondary N) is 1. The number of hydrogen-bond donors (Lipinski definition) is 1. The number of rotatable bonds is 2. The molecule has 17 heavy (non-hydrogen) atoms. The molecule has 0 saturated carbocycles. The van der Waals surface area contributed by atoms with Gasteiger partial charge in [-0.2, -0.15) is 0 Å². The number of halogens is 1. The number of amides is 4. The number of hydrogen-bond acceptors (Lipinski definition) is 4. The van der Waals surface area contributed by atoms with Crippen LogP contribution >= 0.6 is 11.6 Å². The van der Waals surface area contributed by atoms with Crippen molar-refractivity contribution in [3.8, 4) is 5.75 Å². The van der Waals surface area contributed by atoms with Gasteiger partial charge < -0.3 is 4.74 Å². The summed E-state index contributed by atoms with van der Waals surface area (Å²) in [5.41, 5.74) is 0.111. The molecular weight excluding hydrogens is 248 g/mol. The number of imide groups is 2. The normalized spacial score (nSPS) is 15.2. The van der Waals surface area contributed by atoms with E-state index in [1.54, 1.807) is 6.07 Å². The molecule has 0 unspecified atom stereocenters. The minimum Gasteiger partial charge on any atom is -0.497 e. The number of ether oxygens (including phenoxy) is 1. The summed E-state index contributed by atoms with van der Waals surface area (Å²) in [6.07, 6.45) is 0. The number of benzene rings is 1. The first-order chi connectivity index (χ1) is 8.04. The van der Waals surface area contributed by atoms with Crippen LogP contribution in [-0.4, -0.2) is 25.0 Å². The van der Waals surface area contributed by atoms with Gasteiger partial charge in [0.15, 0.2) is 0 Å². The Hall–Kier alpha value is -2.08. The summed E-state index contributed by atoms with van der Waals surface area (Å²) in [5.74, 6) is -1.52. The van der Waals surface area contributed by atoms with Crippen molar-refractivity contribution in [1.82, 2.24) is 5.32 Å². The first kappa shape index (κ1) is 11.4. The zero-order valence-corrected chi connectivity index (χ0v) is 9.45. The van der Waals surface area contributed by atoms with Crippen LogP contribution in [0.2, 0.25) is 5.02 Å². The second-order valence-corrected chi connectivity index (χ2v) is 3.62. The minimum absolute atomic E-state index is 0.111. The van der Waals surface area contributed by atoms with Crippen molar-refractivity contribution in [2.45, 2.75) is 0 Å². The molecular formula is C10H7ClN2O4. The van der Waals surface area contributed by atoms with E-state index >= 15 is 0 Å². The molecule has 0 aromatic heterocycles. The van der Waals surface area contributed by atoms with Gasteiger partial charge in [-0.3, -0.25) is 14.9 Å². The molecule has 2 rings (SSSR count). The summed E-state index contributed by atoms with van der Waals surface area (Å²) in [5, 5.41) is 2.05. The summed E-state index contributed by atoms with van der Waals surface area (Å²) in [7, 11) is 1.43. The van der Waals surface area contributed by atoms with Gasteiger partial charge >= 0.3 is 17.8 Å². The van der Waals surface area contributed by atoms with Crippen LogP contribution in [0.5, 0.6) is 5.75 Å². The molecule has 1 aliphatic heterocycles. The van der Waals surface area contributed by atoms with Gasteiger partial charge in [-0.1, -0.05) is 11.6 Å². The lowest BCUT2D eigenvalue weighted by atomic mass is 10.2. The van der Waals surface area contributed by atoms with Crippen LogP contribution in [0.1, 0.15) is 0 Å². The second kappa shape index (κ2) is 4.06. The molecule has 1 N–H and O–H groups in total. The van der Waals surface area contributed by atoms with Crippen molar-refractivity contribution in [3.05, 3.63) is 23.2 Å². The standard InChI is InChI=1S/C10H7ClN2O4/c1-17-5-2-3-6(11)7(4-5)13-9(15)8(14)12-10(13)16/h2-4H,1H3,(H,12,14,16). The van der Waals surface area contributed by atoms with E-state index in [1.807, 2.05) is 5.32 Å². The van der Waals surface area contributed by atoms with Crippen molar-refractivity contribution in [3.63, 3.8) is 0 Å². The topological polar surface area (TPSA) is 75.7 Å². The van der Waals surface area contributed by atoms with Crippen LogP contribution in [0.25, 0.3) is 0 Å². The molecule has 4 amide bonds. The third kappa shape index (κ3) is 1.83. The van der Waals surface area contributed by atoms with E-state index in [-0.39, 0.29) is 10.7 Å². The van der Waals surface area contributed by atoms with Gasteiger partial charge in [0.1, 0.15) is 5.75 Å². The highest BCUT2D eigenvalue weighted by Gasteiger charge is 2.39. The number of carbonyl (C=O) groups excluding carboxylic acids is 3. The van der Waals surface area contributed by atoms with Crippen LogP contribution in [0.3, 0.4) is 0 Å². The molecule has 1 fully saturated rings. The Kier molecular flexibility index (Phi) is 2.72. The average Bonchev–Trinajstić information content (AvgIpc) is 2.55. The predicted octanol–water partition coefficient (Wildman–Crippen LogP) is 0.931. The zero-order valence-electron chi connectivity index (χ0n) is 8.69.